The number of rotatable bonds is 3. The Morgan fingerprint density at radius 2 is 2.67 bits per heavy atom. The molecule has 0 aromatic heterocycles. The molecule has 0 unspecified atom stereocenters. The van der Waals surface area contributed by atoms with E-state index in [1.54, 1.807) is 0 Å². The van der Waals surface area contributed by atoms with Crippen molar-refractivity contribution in [2.24, 2.45) is 0 Å². The summed E-state index contributed by atoms with van der Waals surface area (Å²) >= 11 is 0. The highest BCUT2D eigenvalue weighted by Gasteiger charge is 2.01. The third-order valence-electron chi connectivity index (χ3n) is 1.38. The minimum absolute atomic E-state index is 0.809. The fourth-order valence-corrected chi connectivity index (χ4v) is 0.865. The smallest absolute Gasteiger partial charge is 0.0689 e. The number of hydrogen-bond donors (Lipinski definition) is 1. The summed E-state index contributed by atoms with van der Waals surface area (Å²) in [7, 11) is 0. The first-order valence-corrected chi connectivity index (χ1v) is 3.40. The molecular weight excluding hydrogens is 114 g/mol. The lowest BCUT2D eigenvalue weighted by molar-refractivity contribution is 0.170. The molecule has 0 bridgehead atoms. The summed E-state index contributed by atoms with van der Waals surface area (Å²) in [6, 6.07) is 0. The lowest BCUT2D eigenvalue weighted by Gasteiger charge is -1.99. The van der Waals surface area contributed by atoms with E-state index < -0.39 is 0 Å². The molecule has 1 aliphatic rings. The van der Waals surface area contributed by atoms with Gasteiger partial charge >= 0.3 is 0 Å². The molecule has 0 spiro atoms. The Bertz CT molecular complexity index is 109. The summed E-state index contributed by atoms with van der Waals surface area (Å²) in [5.74, 6) is 0. The third kappa shape index (κ3) is 2.16. The summed E-state index contributed by atoms with van der Waals surface area (Å²) in [6.07, 6.45) is 2.19. The van der Waals surface area contributed by atoms with E-state index in [0.29, 0.717) is 0 Å². The molecule has 0 aliphatic carbocycles. The molecule has 1 N–H and O–H groups in total. The van der Waals surface area contributed by atoms with Gasteiger partial charge in [-0.15, -0.1) is 0 Å². The van der Waals surface area contributed by atoms with Crippen LogP contribution in [0.4, 0.5) is 0 Å². The molecule has 0 amide bonds. The van der Waals surface area contributed by atoms with Crippen molar-refractivity contribution >= 4 is 0 Å². The maximum Gasteiger partial charge on any atom is 0.0689 e. The van der Waals surface area contributed by atoms with Crippen LogP contribution in [0.2, 0.25) is 0 Å². The first kappa shape index (κ1) is 6.78. The molecule has 1 heterocycles. The minimum atomic E-state index is 0.809. The Hall–Kier alpha value is -0.340. The second-order valence-electron chi connectivity index (χ2n) is 2.13. The first-order valence-electron chi connectivity index (χ1n) is 3.40. The molecule has 0 saturated heterocycles. The zero-order valence-electron chi connectivity index (χ0n) is 5.81. The van der Waals surface area contributed by atoms with Gasteiger partial charge in [-0.2, -0.15) is 0 Å². The van der Waals surface area contributed by atoms with Gasteiger partial charge in [-0.25, -0.2) is 0 Å². The van der Waals surface area contributed by atoms with Gasteiger partial charge in [-0.1, -0.05) is 6.08 Å². The van der Waals surface area contributed by atoms with Crippen LogP contribution in [0.1, 0.15) is 6.92 Å². The van der Waals surface area contributed by atoms with E-state index in [1.165, 1.54) is 5.57 Å². The van der Waals surface area contributed by atoms with Crippen LogP contribution in [0.15, 0.2) is 11.6 Å². The van der Waals surface area contributed by atoms with Crippen LogP contribution < -0.4 is 5.32 Å². The van der Waals surface area contributed by atoms with E-state index in [0.717, 1.165) is 26.3 Å². The summed E-state index contributed by atoms with van der Waals surface area (Å²) < 4.78 is 5.21. The molecule has 0 fully saturated rings. The lowest BCUT2D eigenvalue weighted by atomic mass is 10.3. The molecule has 9 heavy (non-hydrogen) atoms. The summed E-state index contributed by atoms with van der Waals surface area (Å²) in [6.45, 7) is 5.67. The zero-order chi connectivity index (χ0) is 6.53. The number of nitrogens with one attached hydrogen (secondary N) is 1. The van der Waals surface area contributed by atoms with Crippen molar-refractivity contribution in [2.45, 2.75) is 6.92 Å². The van der Waals surface area contributed by atoms with Gasteiger partial charge < -0.3 is 10.1 Å². The first-order chi connectivity index (χ1) is 4.43. The van der Waals surface area contributed by atoms with E-state index in [-0.39, 0.29) is 0 Å². The molecule has 0 aromatic carbocycles. The summed E-state index contributed by atoms with van der Waals surface area (Å²) in [4.78, 5) is 0. The van der Waals surface area contributed by atoms with Crippen molar-refractivity contribution in [3.63, 3.8) is 0 Å². The molecule has 52 valence electrons. The molecule has 0 atom stereocenters. The van der Waals surface area contributed by atoms with Crippen LogP contribution in [0.25, 0.3) is 0 Å². The van der Waals surface area contributed by atoms with Crippen LogP contribution in [0.3, 0.4) is 0 Å². The van der Waals surface area contributed by atoms with Crippen molar-refractivity contribution in [2.75, 3.05) is 26.3 Å². The molecule has 0 aromatic rings. The largest absolute Gasteiger partial charge is 0.377 e. The van der Waals surface area contributed by atoms with E-state index >= 15 is 0 Å². The van der Waals surface area contributed by atoms with Crippen molar-refractivity contribution in [1.29, 1.82) is 0 Å². The second kappa shape index (κ2) is 3.64. The van der Waals surface area contributed by atoms with Crippen LogP contribution >= 0.6 is 0 Å². The molecule has 1 rings (SSSR count). The van der Waals surface area contributed by atoms with Crippen LogP contribution in [0, 0.1) is 0 Å². The van der Waals surface area contributed by atoms with Crippen molar-refractivity contribution in [3.05, 3.63) is 11.6 Å². The predicted octanol–water partition coefficient (Wildman–Crippen LogP) is 0.552. The summed E-state index contributed by atoms with van der Waals surface area (Å²) in [5.41, 5.74) is 1.39. The van der Waals surface area contributed by atoms with Crippen molar-refractivity contribution in [3.8, 4) is 0 Å². The topological polar surface area (TPSA) is 21.3 Å². The SMILES string of the molecule is CCOCC1=CCNC1. The molecule has 0 radical (unpaired) electrons. The average Bonchev–Trinajstić information content (AvgIpc) is 2.34. The van der Waals surface area contributed by atoms with E-state index in [9.17, 15) is 0 Å². The summed E-state index contributed by atoms with van der Waals surface area (Å²) in [5, 5.41) is 3.21. The van der Waals surface area contributed by atoms with Crippen LogP contribution in [0.5, 0.6) is 0 Å². The van der Waals surface area contributed by atoms with Gasteiger partial charge in [0.2, 0.25) is 0 Å². The maximum atomic E-state index is 5.21. The van der Waals surface area contributed by atoms with Crippen LogP contribution in [-0.4, -0.2) is 26.3 Å². The minimum Gasteiger partial charge on any atom is -0.377 e. The Morgan fingerprint density at radius 1 is 1.78 bits per heavy atom. The maximum absolute atomic E-state index is 5.21. The Morgan fingerprint density at radius 3 is 3.22 bits per heavy atom. The van der Waals surface area contributed by atoms with Crippen molar-refractivity contribution in [1.82, 2.24) is 5.32 Å². The lowest BCUT2D eigenvalue weighted by Crippen LogP contribution is -2.10. The zero-order valence-corrected chi connectivity index (χ0v) is 5.81. The molecule has 2 nitrogen and oxygen atoms in total. The quantitative estimate of drug-likeness (QED) is 0.559. The van der Waals surface area contributed by atoms with Gasteiger partial charge in [0, 0.05) is 19.7 Å². The van der Waals surface area contributed by atoms with Gasteiger partial charge in [0.25, 0.3) is 0 Å². The van der Waals surface area contributed by atoms with Gasteiger partial charge in [-0.05, 0) is 12.5 Å². The fraction of sp³-hybridized carbons (Fsp3) is 0.714. The molecular formula is C7H13NO. The second-order valence-corrected chi connectivity index (χ2v) is 2.13. The molecule has 0 saturated carbocycles. The highest BCUT2D eigenvalue weighted by atomic mass is 16.5. The van der Waals surface area contributed by atoms with Gasteiger partial charge in [0.15, 0.2) is 0 Å². The van der Waals surface area contributed by atoms with Crippen molar-refractivity contribution < 1.29 is 4.74 Å². The normalized spacial score (nSPS) is 18.1. The monoisotopic (exact) mass is 127 g/mol. The number of ether oxygens (including phenoxy) is 1. The molecule has 1 aliphatic heterocycles. The predicted molar refractivity (Wildman–Crippen MR) is 37.4 cm³/mol. The Kier molecular flexibility index (Phi) is 2.74. The standard InChI is InChI=1S/C7H13NO/c1-2-9-6-7-3-4-8-5-7/h3,8H,2,4-6H2,1H3. The van der Waals surface area contributed by atoms with E-state index in [1.807, 2.05) is 6.92 Å². The van der Waals surface area contributed by atoms with Gasteiger partial charge in [-0.3, -0.25) is 0 Å². The highest BCUT2D eigenvalue weighted by Crippen LogP contribution is 1.97. The van der Waals surface area contributed by atoms with E-state index in [4.69, 9.17) is 4.74 Å². The van der Waals surface area contributed by atoms with Gasteiger partial charge in [0.05, 0.1) is 6.61 Å². The fourth-order valence-electron chi connectivity index (χ4n) is 0.865. The average molecular weight is 127 g/mol. The van der Waals surface area contributed by atoms with Gasteiger partial charge in [0.1, 0.15) is 0 Å². The Balaban J connectivity index is 2.11. The number of hydrogen-bond acceptors (Lipinski definition) is 2. The highest BCUT2D eigenvalue weighted by molar-refractivity contribution is 5.10. The third-order valence-corrected chi connectivity index (χ3v) is 1.38. The van der Waals surface area contributed by atoms with Crippen LogP contribution in [-0.2, 0) is 4.74 Å². The Labute approximate surface area is 55.9 Å². The van der Waals surface area contributed by atoms with E-state index in [2.05, 4.69) is 11.4 Å². The molecule has 2 heteroatoms.